The van der Waals surface area contributed by atoms with E-state index in [9.17, 15) is 13.6 Å². The molecule has 27 heavy (non-hydrogen) atoms. The van der Waals surface area contributed by atoms with Gasteiger partial charge in [0, 0.05) is 23.5 Å². The molecule has 0 amide bonds. The summed E-state index contributed by atoms with van der Waals surface area (Å²) in [5.74, 6) is -1.78. The van der Waals surface area contributed by atoms with Crippen LogP contribution in [0.3, 0.4) is 0 Å². The van der Waals surface area contributed by atoms with Crippen LogP contribution in [0.5, 0.6) is 0 Å². The summed E-state index contributed by atoms with van der Waals surface area (Å²) < 4.78 is 31.2. The van der Waals surface area contributed by atoms with Gasteiger partial charge in [0.05, 0.1) is 18.4 Å². The molecule has 8 heteroatoms. The van der Waals surface area contributed by atoms with Crippen molar-refractivity contribution >= 4 is 29.1 Å². The van der Waals surface area contributed by atoms with Crippen molar-refractivity contribution in [3.05, 3.63) is 71.4 Å². The lowest BCUT2D eigenvalue weighted by Gasteiger charge is -2.12. The molecule has 3 aromatic rings. The second kappa shape index (κ2) is 7.77. The number of hydrogen-bond donors (Lipinski definition) is 2. The Balaban J connectivity index is 1.88. The molecule has 0 aliphatic rings. The number of hydrogen-bond acceptors (Lipinski definition) is 6. The molecule has 138 valence electrons. The zero-order valence-electron chi connectivity index (χ0n) is 14.6. The fraction of sp³-hybridized carbons (Fsp3) is 0.105. The molecule has 0 aliphatic heterocycles. The van der Waals surface area contributed by atoms with Crippen LogP contribution in [0.1, 0.15) is 16.1 Å². The summed E-state index contributed by atoms with van der Waals surface area (Å²) in [6.45, 7) is 1.76. The molecule has 0 spiro atoms. The summed E-state index contributed by atoms with van der Waals surface area (Å²) in [7, 11) is 1.30. The van der Waals surface area contributed by atoms with Crippen molar-refractivity contribution in [1.29, 1.82) is 0 Å². The minimum atomic E-state index is -0.974. The highest BCUT2D eigenvalue weighted by atomic mass is 19.2. The predicted molar refractivity (Wildman–Crippen MR) is 97.5 cm³/mol. The van der Waals surface area contributed by atoms with Gasteiger partial charge >= 0.3 is 5.97 Å². The molecule has 0 aliphatic carbocycles. The van der Waals surface area contributed by atoms with Crippen LogP contribution in [0.15, 0.2) is 48.5 Å². The van der Waals surface area contributed by atoms with Crippen LogP contribution in [-0.2, 0) is 4.74 Å². The molecule has 0 saturated heterocycles. The maximum absolute atomic E-state index is 13.4. The summed E-state index contributed by atoms with van der Waals surface area (Å²) in [6, 6.07) is 11.9. The van der Waals surface area contributed by atoms with E-state index in [0.29, 0.717) is 28.5 Å². The number of esters is 1. The molecule has 0 atom stereocenters. The molecule has 2 aromatic carbocycles. The number of para-hydroxylation sites is 1. The third-order valence-electron chi connectivity index (χ3n) is 3.63. The van der Waals surface area contributed by atoms with Gasteiger partial charge in [0.2, 0.25) is 5.95 Å². The highest BCUT2D eigenvalue weighted by molar-refractivity contribution is 5.96. The van der Waals surface area contributed by atoms with Crippen LogP contribution in [0, 0.1) is 18.6 Å². The number of carbonyl (C=O) groups is 1. The molecule has 2 N–H and O–H groups in total. The predicted octanol–water partition coefficient (Wildman–Crippen LogP) is 4.34. The lowest BCUT2D eigenvalue weighted by Crippen LogP contribution is -2.07. The number of aromatic nitrogens is 2. The van der Waals surface area contributed by atoms with Gasteiger partial charge in [-0.3, -0.25) is 0 Å². The van der Waals surface area contributed by atoms with Gasteiger partial charge < -0.3 is 15.4 Å². The Morgan fingerprint density at radius 1 is 1.00 bits per heavy atom. The van der Waals surface area contributed by atoms with Crippen LogP contribution in [0.2, 0.25) is 0 Å². The van der Waals surface area contributed by atoms with Gasteiger partial charge in [-0.25, -0.2) is 18.6 Å². The molecule has 0 saturated carbocycles. The highest BCUT2D eigenvalue weighted by Gasteiger charge is 2.12. The number of nitrogens with one attached hydrogen (secondary N) is 2. The van der Waals surface area contributed by atoms with Gasteiger partial charge in [0.25, 0.3) is 0 Å². The van der Waals surface area contributed by atoms with Gasteiger partial charge in [-0.15, -0.1) is 0 Å². The number of anilines is 4. The second-order valence-corrected chi connectivity index (χ2v) is 5.63. The van der Waals surface area contributed by atoms with E-state index in [2.05, 4.69) is 20.6 Å². The Hall–Kier alpha value is -3.55. The fourth-order valence-corrected chi connectivity index (χ4v) is 2.41. The summed E-state index contributed by atoms with van der Waals surface area (Å²) in [4.78, 5) is 20.4. The zero-order chi connectivity index (χ0) is 19.4. The Kier molecular flexibility index (Phi) is 5.25. The van der Waals surface area contributed by atoms with Crippen molar-refractivity contribution in [2.75, 3.05) is 17.7 Å². The molecular formula is C19H16F2N4O2. The van der Waals surface area contributed by atoms with Gasteiger partial charge in [-0.05, 0) is 31.2 Å². The van der Waals surface area contributed by atoms with Crippen molar-refractivity contribution in [2.45, 2.75) is 6.92 Å². The van der Waals surface area contributed by atoms with Crippen molar-refractivity contribution in [1.82, 2.24) is 9.97 Å². The molecule has 0 unspecified atom stereocenters. The average Bonchev–Trinajstić information content (AvgIpc) is 2.64. The third-order valence-corrected chi connectivity index (χ3v) is 3.63. The van der Waals surface area contributed by atoms with Gasteiger partial charge in [-0.2, -0.15) is 4.98 Å². The van der Waals surface area contributed by atoms with Crippen LogP contribution in [0.4, 0.5) is 31.9 Å². The Morgan fingerprint density at radius 2 is 1.78 bits per heavy atom. The average molecular weight is 370 g/mol. The van der Waals surface area contributed by atoms with E-state index < -0.39 is 17.6 Å². The second-order valence-electron chi connectivity index (χ2n) is 5.63. The maximum Gasteiger partial charge on any atom is 0.339 e. The molecule has 1 aromatic heterocycles. The van der Waals surface area contributed by atoms with E-state index in [0.717, 1.165) is 12.1 Å². The number of ether oxygens (including phenoxy) is 1. The number of methoxy groups -OCH3 is 1. The number of halogens is 2. The van der Waals surface area contributed by atoms with Gasteiger partial charge in [-0.1, -0.05) is 12.1 Å². The van der Waals surface area contributed by atoms with E-state index in [1.54, 1.807) is 37.3 Å². The Bertz CT molecular complexity index is 995. The van der Waals surface area contributed by atoms with Crippen molar-refractivity contribution < 1.29 is 18.3 Å². The molecule has 3 rings (SSSR count). The first kappa shape index (κ1) is 18.2. The summed E-state index contributed by atoms with van der Waals surface area (Å²) in [5.41, 5.74) is 1.81. The summed E-state index contributed by atoms with van der Waals surface area (Å²) in [6.07, 6.45) is 0. The summed E-state index contributed by atoms with van der Waals surface area (Å²) in [5, 5.41) is 5.88. The van der Waals surface area contributed by atoms with E-state index in [1.807, 2.05) is 0 Å². The molecule has 1 heterocycles. The molecule has 0 radical (unpaired) electrons. The first-order valence-corrected chi connectivity index (χ1v) is 7.98. The number of aryl methyl sites for hydroxylation is 1. The summed E-state index contributed by atoms with van der Waals surface area (Å²) >= 11 is 0. The number of benzene rings is 2. The SMILES string of the molecule is COC(=O)c1ccccc1Nc1cc(C)nc(Nc2ccc(F)c(F)c2)n1. The first-order chi connectivity index (χ1) is 13.0. The van der Waals surface area contributed by atoms with Crippen LogP contribution in [0.25, 0.3) is 0 Å². The van der Waals surface area contributed by atoms with Crippen molar-refractivity contribution in [3.8, 4) is 0 Å². The van der Waals surface area contributed by atoms with Gasteiger partial charge in [0.1, 0.15) is 5.82 Å². The zero-order valence-corrected chi connectivity index (χ0v) is 14.6. The fourth-order valence-electron chi connectivity index (χ4n) is 2.41. The topological polar surface area (TPSA) is 76.1 Å². The highest BCUT2D eigenvalue weighted by Crippen LogP contribution is 2.23. The smallest absolute Gasteiger partial charge is 0.339 e. The monoisotopic (exact) mass is 370 g/mol. The largest absolute Gasteiger partial charge is 0.465 e. The van der Waals surface area contributed by atoms with E-state index in [1.165, 1.54) is 13.2 Å². The van der Waals surface area contributed by atoms with E-state index >= 15 is 0 Å². The quantitative estimate of drug-likeness (QED) is 0.651. The molecular weight excluding hydrogens is 354 g/mol. The van der Waals surface area contributed by atoms with Crippen molar-refractivity contribution in [2.24, 2.45) is 0 Å². The normalized spacial score (nSPS) is 10.4. The van der Waals surface area contributed by atoms with E-state index in [4.69, 9.17) is 4.74 Å². The Labute approximate surface area is 154 Å². The molecule has 0 bridgehead atoms. The lowest BCUT2D eigenvalue weighted by molar-refractivity contribution is 0.0602. The minimum Gasteiger partial charge on any atom is -0.465 e. The van der Waals surface area contributed by atoms with Crippen LogP contribution in [-0.4, -0.2) is 23.0 Å². The van der Waals surface area contributed by atoms with Gasteiger partial charge in [0.15, 0.2) is 11.6 Å². The van der Waals surface area contributed by atoms with Crippen LogP contribution >= 0.6 is 0 Å². The van der Waals surface area contributed by atoms with Crippen LogP contribution < -0.4 is 10.6 Å². The molecule has 0 fully saturated rings. The third kappa shape index (κ3) is 4.35. The Morgan fingerprint density at radius 3 is 2.52 bits per heavy atom. The standard InChI is InChI=1S/C19H16F2N4O2/c1-11-9-17(24-16-6-4-3-5-13(16)18(26)27-2)25-19(22-11)23-12-7-8-14(20)15(21)10-12/h3-10H,1-2H3,(H2,22,23,24,25). The lowest BCUT2D eigenvalue weighted by atomic mass is 10.2. The van der Waals surface area contributed by atoms with Crippen molar-refractivity contribution in [3.63, 3.8) is 0 Å². The number of carbonyl (C=O) groups excluding carboxylic acids is 1. The number of rotatable bonds is 5. The van der Waals surface area contributed by atoms with E-state index in [-0.39, 0.29) is 5.95 Å². The first-order valence-electron chi connectivity index (χ1n) is 7.98. The molecule has 6 nitrogen and oxygen atoms in total. The maximum atomic E-state index is 13.4. The number of nitrogens with zero attached hydrogens (tertiary/aromatic N) is 2. The minimum absolute atomic E-state index is 0.194.